The van der Waals surface area contributed by atoms with Crippen LogP contribution in [0, 0.1) is 5.92 Å². The van der Waals surface area contributed by atoms with Crippen molar-refractivity contribution >= 4 is 17.7 Å². The Morgan fingerprint density at radius 2 is 2.07 bits per heavy atom. The molecule has 0 bridgehead atoms. The van der Waals surface area contributed by atoms with E-state index in [0.717, 1.165) is 19.3 Å². The summed E-state index contributed by atoms with van der Waals surface area (Å²) < 4.78 is 0. The minimum atomic E-state index is 0.0226. The summed E-state index contributed by atoms with van der Waals surface area (Å²) in [4.78, 5) is 10.9. The Balaban J connectivity index is 2.09. The lowest BCUT2D eigenvalue weighted by Crippen LogP contribution is -2.15. The number of hydrogen-bond donors (Lipinski definition) is 1. The van der Waals surface area contributed by atoms with Gasteiger partial charge in [0.1, 0.15) is 0 Å². The largest absolute Gasteiger partial charge is 0.287 e. The van der Waals surface area contributed by atoms with Gasteiger partial charge in [0, 0.05) is 6.42 Å². The van der Waals surface area contributed by atoms with Crippen LogP contribution in [0.2, 0.25) is 0 Å². The van der Waals surface area contributed by atoms with Crippen LogP contribution in [0.1, 0.15) is 24.0 Å². The van der Waals surface area contributed by atoms with Gasteiger partial charge in [0.15, 0.2) is 5.12 Å². The quantitative estimate of drug-likeness (QED) is 0.736. The van der Waals surface area contributed by atoms with E-state index in [2.05, 4.69) is 36.9 Å². The number of benzene rings is 1. The topological polar surface area (TPSA) is 17.1 Å². The van der Waals surface area contributed by atoms with E-state index >= 15 is 0 Å². The van der Waals surface area contributed by atoms with Gasteiger partial charge < -0.3 is 0 Å². The Kier molecular flexibility index (Phi) is 2.92. The molecule has 0 radical (unpaired) electrons. The number of fused-ring (bicyclic) bond motifs is 1. The zero-order valence-corrected chi connectivity index (χ0v) is 8.97. The molecule has 1 atom stereocenters. The predicted molar refractivity (Wildman–Crippen MR) is 60.6 cm³/mol. The van der Waals surface area contributed by atoms with Crippen molar-refractivity contribution in [3.8, 4) is 0 Å². The zero-order chi connectivity index (χ0) is 9.97. The number of carbonyl (C=O) groups excluding carboxylic acids is 1. The molecule has 0 fully saturated rings. The molecule has 1 aliphatic rings. The SMILES string of the molecule is O=C(S)CC1CCc2ccccc2C1. The third-order valence-corrected chi connectivity index (χ3v) is 3.09. The third-order valence-electron chi connectivity index (χ3n) is 2.91. The number of hydrogen-bond acceptors (Lipinski definition) is 1. The maximum absolute atomic E-state index is 10.9. The molecule has 1 aromatic rings. The molecule has 0 N–H and O–H groups in total. The van der Waals surface area contributed by atoms with E-state index in [0.29, 0.717) is 12.3 Å². The molecule has 2 heteroatoms. The van der Waals surface area contributed by atoms with Gasteiger partial charge in [-0.1, -0.05) is 24.3 Å². The highest BCUT2D eigenvalue weighted by Gasteiger charge is 2.19. The van der Waals surface area contributed by atoms with Crippen molar-refractivity contribution in [1.29, 1.82) is 0 Å². The van der Waals surface area contributed by atoms with Gasteiger partial charge in [0.05, 0.1) is 0 Å². The van der Waals surface area contributed by atoms with Crippen LogP contribution in [-0.2, 0) is 17.6 Å². The van der Waals surface area contributed by atoms with Gasteiger partial charge in [0.25, 0.3) is 0 Å². The lowest BCUT2D eigenvalue weighted by atomic mass is 9.82. The van der Waals surface area contributed by atoms with E-state index in [1.807, 2.05) is 0 Å². The van der Waals surface area contributed by atoms with E-state index in [9.17, 15) is 4.79 Å². The van der Waals surface area contributed by atoms with Gasteiger partial charge in [-0.25, -0.2) is 0 Å². The minimum absolute atomic E-state index is 0.0226. The Hall–Kier alpha value is -0.760. The molecule has 0 saturated carbocycles. The lowest BCUT2D eigenvalue weighted by molar-refractivity contribution is -0.111. The van der Waals surface area contributed by atoms with E-state index < -0.39 is 0 Å². The monoisotopic (exact) mass is 206 g/mol. The molecule has 0 aromatic heterocycles. The highest BCUT2D eigenvalue weighted by molar-refractivity contribution is 7.96. The van der Waals surface area contributed by atoms with Crippen LogP contribution in [0.4, 0.5) is 0 Å². The maximum Gasteiger partial charge on any atom is 0.186 e. The lowest BCUT2D eigenvalue weighted by Gasteiger charge is -2.23. The van der Waals surface area contributed by atoms with Crippen LogP contribution in [0.5, 0.6) is 0 Å². The third kappa shape index (κ3) is 2.18. The molecule has 14 heavy (non-hydrogen) atoms. The van der Waals surface area contributed by atoms with Crippen molar-refractivity contribution in [3.63, 3.8) is 0 Å². The molecule has 1 nitrogen and oxygen atoms in total. The second kappa shape index (κ2) is 4.18. The normalized spacial score (nSPS) is 20.2. The van der Waals surface area contributed by atoms with Crippen molar-refractivity contribution in [2.24, 2.45) is 5.92 Å². The smallest absolute Gasteiger partial charge is 0.186 e. The van der Waals surface area contributed by atoms with Crippen molar-refractivity contribution in [2.75, 3.05) is 0 Å². The summed E-state index contributed by atoms with van der Waals surface area (Å²) in [5.74, 6) is 0.509. The Morgan fingerprint density at radius 1 is 1.36 bits per heavy atom. The van der Waals surface area contributed by atoms with Crippen LogP contribution < -0.4 is 0 Å². The first-order valence-electron chi connectivity index (χ1n) is 5.04. The average molecular weight is 206 g/mol. The highest BCUT2D eigenvalue weighted by atomic mass is 32.1. The number of aryl methyl sites for hydroxylation is 1. The highest BCUT2D eigenvalue weighted by Crippen LogP contribution is 2.27. The molecule has 2 rings (SSSR count). The second-order valence-corrected chi connectivity index (χ2v) is 4.47. The first-order chi connectivity index (χ1) is 6.75. The first-order valence-corrected chi connectivity index (χ1v) is 5.49. The van der Waals surface area contributed by atoms with Gasteiger partial charge in [-0.05, 0) is 36.3 Å². The summed E-state index contributed by atoms with van der Waals surface area (Å²) in [5, 5.41) is 0.0226. The minimum Gasteiger partial charge on any atom is -0.287 e. The molecule has 1 aliphatic carbocycles. The summed E-state index contributed by atoms with van der Waals surface area (Å²) in [5.41, 5.74) is 2.87. The maximum atomic E-state index is 10.9. The molecule has 0 heterocycles. The summed E-state index contributed by atoms with van der Waals surface area (Å²) in [6.45, 7) is 0. The standard InChI is InChI=1S/C12H14OS/c13-12(14)8-9-5-6-10-3-1-2-4-11(10)7-9/h1-4,9H,5-8H2,(H,13,14). The van der Waals surface area contributed by atoms with Crippen molar-refractivity contribution in [1.82, 2.24) is 0 Å². The fourth-order valence-electron chi connectivity index (χ4n) is 2.19. The summed E-state index contributed by atoms with van der Waals surface area (Å²) >= 11 is 3.84. The van der Waals surface area contributed by atoms with Crippen molar-refractivity contribution < 1.29 is 4.79 Å². The molecule has 0 amide bonds. The van der Waals surface area contributed by atoms with E-state index in [1.54, 1.807) is 0 Å². The molecule has 1 unspecified atom stereocenters. The van der Waals surface area contributed by atoms with E-state index in [4.69, 9.17) is 0 Å². The average Bonchev–Trinajstić information content (AvgIpc) is 2.17. The molecule has 0 spiro atoms. The summed E-state index contributed by atoms with van der Waals surface area (Å²) in [6.07, 6.45) is 3.91. The predicted octanol–water partition coefficient (Wildman–Crippen LogP) is 2.64. The van der Waals surface area contributed by atoms with E-state index in [1.165, 1.54) is 11.1 Å². The van der Waals surface area contributed by atoms with Crippen molar-refractivity contribution in [2.45, 2.75) is 25.7 Å². The van der Waals surface area contributed by atoms with Crippen LogP contribution in [0.25, 0.3) is 0 Å². The molecular formula is C12H14OS. The Bertz CT molecular complexity index is 346. The van der Waals surface area contributed by atoms with Crippen molar-refractivity contribution in [3.05, 3.63) is 35.4 Å². The van der Waals surface area contributed by atoms with Gasteiger partial charge in [-0.2, -0.15) is 0 Å². The Labute approximate surface area is 89.9 Å². The van der Waals surface area contributed by atoms with Gasteiger partial charge >= 0.3 is 0 Å². The molecule has 74 valence electrons. The van der Waals surface area contributed by atoms with Crippen LogP contribution in [0.15, 0.2) is 24.3 Å². The number of rotatable bonds is 2. The van der Waals surface area contributed by atoms with Gasteiger partial charge in [-0.15, -0.1) is 12.6 Å². The second-order valence-electron chi connectivity index (χ2n) is 3.98. The fourth-order valence-corrected chi connectivity index (χ4v) is 2.45. The molecule has 1 aromatic carbocycles. The van der Waals surface area contributed by atoms with Crippen LogP contribution in [-0.4, -0.2) is 5.12 Å². The van der Waals surface area contributed by atoms with Gasteiger partial charge in [-0.3, -0.25) is 4.79 Å². The molecule has 0 saturated heterocycles. The number of carbonyl (C=O) groups is 1. The Morgan fingerprint density at radius 3 is 2.79 bits per heavy atom. The fraction of sp³-hybridized carbons (Fsp3) is 0.417. The van der Waals surface area contributed by atoms with E-state index in [-0.39, 0.29) is 5.12 Å². The van der Waals surface area contributed by atoms with Crippen LogP contribution in [0.3, 0.4) is 0 Å². The first kappa shape index (κ1) is 9.78. The zero-order valence-electron chi connectivity index (χ0n) is 8.07. The van der Waals surface area contributed by atoms with Crippen LogP contribution >= 0.6 is 12.6 Å². The molecule has 0 aliphatic heterocycles. The number of thiol groups is 1. The summed E-state index contributed by atoms with van der Waals surface area (Å²) in [6, 6.07) is 8.52. The summed E-state index contributed by atoms with van der Waals surface area (Å²) in [7, 11) is 0. The molecular weight excluding hydrogens is 192 g/mol. The van der Waals surface area contributed by atoms with Gasteiger partial charge in [0.2, 0.25) is 0 Å².